The summed E-state index contributed by atoms with van der Waals surface area (Å²) in [6, 6.07) is 19.8. The second-order valence-corrected chi connectivity index (χ2v) is 8.76. The fourth-order valence-corrected chi connectivity index (χ4v) is 5.97. The van der Waals surface area contributed by atoms with Crippen LogP contribution in [0.15, 0.2) is 60.7 Å². The van der Waals surface area contributed by atoms with Crippen molar-refractivity contribution < 1.29 is 13.6 Å². The first-order valence-corrected chi connectivity index (χ1v) is 10.5. The molecule has 4 nitrogen and oxygen atoms in total. The van der Waals surface area contributed by atoms with Crippen LogP contribution in [0.5, 0.6) is 5.75 Å². The molecule has 0 spiro atoms. The highest BCUT2D eigenvalue weighted by Crippen LogP contribution is 2.59. The molecule has 1 saturated carbocycles. The molecule has 0 bridgehead atoms. The van der Waals surface area contributed by atoms with Crippen LogP contribution in [-0.4, -0.2) is 17.3 Å². The Bertz CT molecular complexity index is 737. The molecule has 0 N–H and O–H groups in total. The molecule has 132 valence electrons. The van der Waals surface area contributed by atoms with E-state index in [2.05, 4.69) is 12.1 Å². The monoisotopic (exact) mass is 357 g/mol. The maximum atomic E-state index is 13.7. The minimum atomic E-state index is -3.37. The number of benzene rings is 2. The van der Waals surface area contributed by atoms with Gasteiger partial charge in [0.05, 0.1) is 6.61 Å². The Morgan fingerprint density at radius 2 is 1.68 bits per heavy atom. The molecular formula is C20H24NO3P. The van der Waals surface area contributed by atoms with Crippen LogP contribution in [-0.2, 0) is 15.6 Å². The highest BCUT2D eigenvalue weighted by molar-refractivity contribution is 7.51. The van der Waals surface area contributed by atoms with Crippen molar-refractivity contribution in [3.63, 3.8) is 0 Å². The van der Waals surface area contributed by atoms with Gasteiger partial charge in [-0.15, -0.1) is 0 Å². The van der Waals surface area contributed by atoms with Crippen molar-refractivity contribution in [2.45, 2.75) is 38.3 Å². The van der Waals surface area contributed by atoms with Crippen LogP contribution >= 0.6 is 7.75 Å². The van der Waals surface area contributed by atoms with Gasteiger partial charge >= 0.3 is 7.75 Å². The smallest absolute Gasteiger partial charge is 0.413 e. The van der Waals surface area contributed by atoms with Gasteiger partial charge in [-0.05, 0) is 36.5 Å². The van der Waals surface area contributed by atoms with Crippen molar-refractivity contribution in [2.24, 2.45) is 5.92 Å². The first kappa shape index (κ1) is 16.8. The summed E-state index contributed by atoms with van der Waals surface area (Å²) in [7, 11) is -3.37. The zero-order valence-corrected chi connectivity index (χ0v) is 15.2. The predicted molar refractivity (Wildman–Crippen MR) is 98.4 cm³/mol. The highest BCUT2D eigenvalue weighted by atomic mass is 31.2. The normalized spacial score (nSPS) is 29.8. The summed E-state index contributed by atoms with van der Waals surface area (Å²) in [4.78, 5) is 0. The second-order valence-electron chi connectivity index (χ2n) is 6.86. The number of fused-ring (bicyclic) bond motifs is 1. The number of hydrogen-bond donors (Lipinski definition) is 0. The molecule has 1 heterocycles. The summed E-state index contributed by atoms with van der Waals surface area (Å²) >= 11 is 0. The van der Waals surface area contributed by atoms with E-state index in [0.29, 0.717) is 24.8 Å². The fourth-order valence-electron chi connectivity index (χ4n) is 3.89. The fraction of sp³-hybridized carbons (Fsp3) is 0.400. The third-order valence-corrected chi connectivity index (χ3v) is 7.15. The molecule has 3 atom stereocenters. The molecular weight excluding hydrogens is 333 g/mol. The van der Waals surface area contributed by atoms with Gasteiger partial charge in [0.2, 0.25) is 0 Å². The molecule has 2 fully saturated rings. The van der Waals surface area contributed by atoms with Crippen molar-refractivity contribution in [3.8, 4) is 5.75 Å². The highest BCUT2D eigenvalue weighted by Gasteiger charge is 2.48. The minimum Gasteiger partial charge on any atom is -0.413 e. The van der Waals surface area contributed by atoms with Crippen LogP contribution in [0.25, 0.3) is 0 Å². The quantitative estimate of drug-likeness (QED) is 0.699. The first-order valence-electron chi connectivity index (χ1n) is 9.05. The van der Waals surface area contributed by atoms with E-state index >= 15 is 0 Å². The van der Waals surface area contributed by atoms with Crippen molar-refractivity contribution in [2.75, 3.05) is 6.61 Å². The van der Waals surface area contributed by atoms with E-state index in [1.165, 1.54) is 12.8 Å². The van der Waals surface area contributed by atoms with Crippen LogP contribution in [0.4, 0.5) is 0 Å². The molecule has 5 heteroatoms. The summed E-state index contributed by atoms with van der Waals surface area (Å²) in [5, 5.41) is 0. The van der Waals surface area contributed by atoms with Crippen LogP contribution in [0.3, 0.4) is 0 Å². The molecule has 1 saturated heterocycles. The van der Waals surface area contributed by atoms with Crippen molar-refractivity contribution >= 4 is 7.75 Å². The molecule has 1 aliphatic carbocycles. The Kier molecular flexibility index (Phi) is 4.93. The summed E-state index contributed by atoms with van der Waals surface area (Å²) in [6.07, 6.45) is 4.61. The van der Waals surface area contributed by atoms with Gasteiger partial charge in [0.1, 0.15) is 5.75 Å². The van der Waals surface area contributed by atoms with Crippen LogP contribution in [0.1, 0.15) is 31.2 Å². The largest absolute Gasteiger partial charge is 0.461 e. The molecule has 0 amide bonds. The molecule has 1 aliphatic heterocycles. The SMILES string of the molecule is O=P1(Oc2ccccc2)OC[C@@H]2CCCC[C@@H]2N1Cc1ccccc1. The average molecular weight is 357 g/mol. The standard InChI is InChI=1S/C20H24NO3P/c22-25(24-19-12-5-2-6-13-19)21(15-17-9-3-1-4-10-17)20-14-8-7-11-18(20)16-23-25/h1-6,9-10,12-13,18,20H,7-8,11,14-16H2/t18-,20-,25?/m0/s1. The van der Waals surface area contributed by atoms with E-state index in [1.807, 2.05) is 53.2 Å². The minimum absolute atomic E-state index is 0.261. The molecule has 4 rings (SSSR count). The number of nitrogens with zero attached hydrogens (tertiary/aromatic N) is 1. The van der Waals surface area contributed by atoms with Crippen LogP contribution < -0.4 is 4.52 Å². The van der Waals surface area contributed by atoms with Gasteiger partial charge in [-0.2, -0.15) is 4.67 Å². The Balaban J connectivity index is 1.64. The van der Waals surface area contributed by atoms with Crippen LogP contribution in [0.2, 0.25) is 0 Å². The lowest BCUT2D eigenvalue weighted by Gasteiger charge is -2.46. The van der Waals surface area contributed by atoms with E-state index in [9.17, 15) is 4.57 Å². The summed E-state index contributed by atoms with van der Waals surface area (Å²) in [5.74, 6) is 1.04. The Morgan fingerprint density at radius 1 is 1.00 bits per heavy atom. The predicted octanol–water partition coefficient (Wildman–Crippen LogP) is 5.26. The van der Waals surface area contributed by atoms with Gasteiger partial charge in [-0.25, -0.2) is 4.57 Å². The zero-order valence-electron chi connectivity index (χ0n) is 14.3. The number of para-hydroxylation sites is 1. The second kappa shape index (κ2) is 7.33. The Labute approximate surface area is 149 Å². The third kappa shape index (κ3) is 3.67. The lowest BCUT2D eigenvalue weighted by atomic mass is 9.85. The lowest BCUT2D eigenvalue weighted by molar-refractivity contribution is 0.0429. The van der Waals surface area contributed by atoms with Crippen molar-refractivity contribution in [1.82, 2.24) is 4.67 Å². The molecule has 0 radical (unpaired) electrons. The van der Waals surface area contributed by atoms with E-state index in [0.717, 1.165) is 18.4 Å². The summed E-state index contributed by atoms with van der Waals surface area (Å²) in [6.45, 7) is 1.12. The summed E-state index contributed by atoms with van der Waals surface area (Å²) < 4.78 is 27.5. The average Bonchev–Trinajstić information content (AvgIpc) is 2.66. The molecule has 25 heavy (non-hydrogen) atoms. The van der Waals surface area contributed by atoms with Gasteiger partial charge in [0.15, 0.2) is 0 Å². The van der Waals surface area contributed by atoms with Gasteiger partial charge in [0.25, 0.3) is 0 Å². The van der Waals surface area contributed by atoms with Crippen molar-refractivity contribution in [1.29, 1.82) is 0 Å². The van der Waals surface area contributed by atoms with E-state index in [-0.39, 0.29) is 6.04 Å². The Hall–Kier alpha value is -1.61. The maximum Gasteiger partial charge on any atom is 0.461 e. The summed E-state index contributed by atoms with van der Waals surface area (Å²) in [5.41, 5.74) is 1.13. The molecule has 0 aromatic heterocycles. The van der Waals surface area contributed by atoms with Gasteiger partial charge in [-0.1, -0.05) is 61.4 Å². The van der Waals surface area contributed by atoms with Gasteiger partial charge in [-0.3, -0.25) is 4.52 Å². The van der Waals surface area contributed by atoms with Crippen molar-refractivity contribution in [3.05, 3.63) is 66.2 Å². The maximum absolute atomic E-state index is 13.7. The molecule has 1 unspecified atom stereocenters. The third-order valence-electron chi connectivity index (χ3n) is 5.17. The topological polar surface area (TPSA) is 38.8 Å². The van der Waals surface area contributed by atoms with E-state index in [4.69, 9.17) is 9.05 Å². The van der Waals surface area contributed by atoms with Gasteiger partial charge < -0.3 is 4.52 Å². The molecule has 2 aromatic carbocycles. The van der Waals surface area contributed by atoms with E-state index < -0.39 is 7.75 Å². The van der Waals surface area contributed by atoms with E-state index in [1.54, 1.807) is 0 Å². The van der Waals surface area contributed by atoms with Gasteiger partial charge in [0, 0.05) is 12.6 Å². The molecule has 2 aromatic rings. The lowest BCUT2D eigenvalue weighted by Crippen LogP contribution is -2.47. The zero-order chi connectivity index (χ0) is 17.1. The van der Waals surface area contributed by atoms with Crippen LogP contribution in [0, 0.1) is 5.92 Å². The first-order chi connectivity index (χ1) is 12.2. The Morgan fingerprint density at radius 3 is 2.44 bits per heavy atom. The number of hydrogen-bond acceptors (Lipinski definition) is 3. The number of rotatable bonds is 4. The molecule has 2 aliphatic rings.